The van der Waals surface area contributed by atoms with Gasteiger partial charge in [-0.2, -0.15) is 0 Å². The molecule has 0 N–H and O–H groups in total. The molecule has 0 bridgehead atoms. The van der Waals surface area contributed by atoms with Crippen LogP contribution < -0.4 is 4.90 Å². The third kappa shape index (κ3) is 4.74. The Morgan fingerprint density at radius 3 is 2.58 bits per heavy atom. The van der Waals surface area contributed by atoms with Crippen molar-refractivity contribution < 1.29 is 14.1 Å². The summed E-state index contributed by atoms with van der Waals surface area (Å²) < 4.78 is 10.9. The molecule has 1 amide bonds. The van der Waals surface area contributed by atoms with Crippen LogP contribution in [0.25, 0.3) is 0 Å². The average Bonchev–Trinajstić information content (AvgIpc) is 2.94. The number of rotatable bonds is 5. The van der Waals surface area contributed by atoms with E-state index in [1.54, 1.807) is 0 Å². The van der Waals surface area contributed by atoms with E-state index in [-0.39, 0.29) is 11.8 Å². The van der Waals surface area contributed by atoms with Crippen molar-refractivity contribution in [1.82, 2.24) is 20.0 Å². The van der Waals surface area contributed by atoms with Gasteiger partial charge in [0.25, 0.3) is 0 Å². The van der Waals surface area contributed by atoms with Gasteiger partial charge in [0, 0.05) is 56.6 Å². The smallest absolute Gasteiger partial charge is 0.225 e. The van der Waals surface area contributed by atoms with E-state index in [0.29, 0.717) is 6.54 Å². The Morgan fingerprint density at radius 2 is 1.87 bits per heavy atom. The Balaban J connectivity index is 1.36. The van der Waals surface area contributed by atoms with Crippen LogP contribution in [0.15, 0.2) is 4.52 Å². The minimum atomic E-state index is 0.0655. The fourth-order valence-electron chi connectivity index (χ4n) is 4.71. The zero-order valence-corrected chi connectivity index (χ0v) is 19.1. The molecule has 0 radical (unpaired) electrons. The maximum absolute atomic E-state index is 13.0. The van der Waals surface area contributed by atoms with Crippen LogP contribution in [-0.4, -0.2) is 65.8 Å². The number of hydrogen-bond acceptors (Lipinski definition) is 7. The summed E-state index contributed by atoms with van der Waals surface area (Å²) in [6.45, 7) is 9.65. The molecule has 0 aromatic carbocycles. The Morgan fingerprint density at radius 1 is 1.13 bits per heavy atom. The third-order valence-corrected chi connectivity index (χ3v) is 6.56. The first-order chi connectivity index (χ1) is 14.9. The van der Waals surface area contributed by atoms with Gasteiger partial charge >= 0.3 is 0 Å². The highest BCUT2D eigenvalue weighted by Crippen LogP contribution is 2.29. The van der Waals surface area contributed by atoms with Gasteiger partial charge in [0.05, 0.1) is 24.6 Å². The molecule has 168 valence electrons. The van der Waals surface area contributed by atoms with Crippen LogP contribution in [0.4, 0.5) is 5.82 Å². The first-order valence-corrected chi connectivity index (χ1v) is 11.3. The van der Waals surface area contributed by atoms with Crippen LogP contribution in [0, 0.1) is 26.7 Å². The molecule has 0 aliphatic carbocycles. The number of anilines is 1. The quantitative estimate of drug-likeness (QED) is 0.724. The van der Waals surface area contributed by atoms with Crippen molar-refractivity contribution in [2.24, 2.45) is 5.92 Å². The lowest BCUT2D eigenvalue weighted by atomic mass is 9.94. The fraction of sp³-hybridized carbons (Fsp3) is 0.652. The second-order valence-corrected chi connectivity index (χ2v) is 8.71. The predicted molar refractivity (Wildman–Crippen MR) is 117 cm³/mol. The minimum absolute atomic E-state index is 0.0655. The highest BCUT2D eigenvalue weighted by molar-refractivity contribution is 5.79. The van der Waals surface area contributed by atoms with Crippen LogP contribution in [0.5, 0.6) is 0 Å². The molecule has 2 aliphatic rings. The lowest BCUT2D eigenvalue weighted by molar-refractivity contribution is -0.134. The summed E-state index contributed by atoms with van der Waals surface area (Å²) in [7, 11) is 1.90. The summed E-state index contributed by atoms with van der Waals surface area (Å²) in [6.07, 6.45) is 4.17. The van der Waals surface area contributed by atoms with E-state index in [1.807, 2.05) is 32.7 Å². The summed E-state index contributed by atoms with van der Waals surface area (Å²) >= 11 is 0. The molecule has 4 heterocycles. The van der Waals surface area contributed by atoms with Gasteiger partial charge < -0.3 is 19.1 Å². The lowest BCUT2D eigenvalue weighted by Crippen LogP contribution is -2.42. The number of aromatic nitrogens is 3. The summed E-state index contributed by atoms with van der Waals surface area (Å²) in [5.74, 6) is 3.00. The molecule has 1 saturated heterocycles. The van der Waals surface area contributed by atoms with Crippen LogP contribution in [0.1, 0.15) is 46.9 Å². The van der Waals surface area contributed by atoms with Crippen molar-refractivity contribution in [3.05, 3.63) is 34.1 Å². The SMILES string of the molecule is Cc1nc2c(c(N3CCC(C(=O)N(C)CCc4c(C)noc4C)CC3)n1)CCOCC2. The topological polar surface area (TPSA) is 84.6 Å². The molecule has 0 saturated carbocycles. The number of aryl methyl sites for hydroxylation is 3. The molecular weight excluding hydrogens is 394 g/mol. The summed E-state index contributed by atoms with van der Waals surface area (Å²) in [6, 6.07) is 0. The normalized spacial score (nSPS) is 17.4. The molecule has 0 atom stereocenters. The van der Waals surface area contributed by atoms with Crippen molar-refractivity contribution in [2.75, 3.05) is 44.8 Å². The number of carbonyl (C=O) groups excluding carboxylic acids is 1. The predicted octanol–water partition coefficient (Wildman–Crippen LogP) is 2.42. The van der Waals surface area contributed by atoms with E-state index >= 15 is 0 Å². The van der Waals surface area contributed by atoms with Gasteiger partial charge in [-0.15, -0.1) is 0 Å². The Hall–Kier alpha value is -2.48. The number of amides is 1. The van der Waals surface area contributed by atoms with Crippen molar-refractivity contribution in [2.45, 2.75) is 52.9 Å². The summed E-state index contributed by atoms with van der Waals surface area (Å²) in [5, 5.41) is 4.01. The van der Waals surface area contributed by atoms with E-state index in [1.165, 1.54) is 5.56 Å². The summed E-state index contributed by atoms with van der Waals surface area (Å²) in [5.41, 5.74) is 4.37. The monoisotopic (exact) mass is 427 g/mol. The zero-order chi connectivity index (χ0) is 22.0. The standard InChI is InChI=1S/C23H33N5O3/c1-15-19(16(2)31-26-15)7-10-27(4)23(29)18-5-11-28(12-6-18)22-20-8-13-30-14-9-21(20)24-17(3)25-22/h18H,5-14H2,1-4H3. The molecule has 8 nitrogen and oxygen atoms in total. The van der Waals surface area contributed by atoms with Gasteiger partial charge in [0.1, 0.15) is 17.4 Å². The van der Waals surface area contributed by atoms with Crippen LogP contribution in [0.3, 0.4) is 0 Å². The van der Waals surface area contributed by atoms with E-state index in [2.05, 4.69) is 15.0 Å². The van der Waals surface area contributed by atoms with Crippen molar-refractivity contribution in [3.63, 3.8) is 0 Å². The van der Waals surface area contributed by atoms with Crippen LogP contribution >= 0.6 is 0 Å². The van der Waals surface area contributed by atoms with Gasteiger partial charge in [-0.3, -0.25) is 4.79 Å². The largest absolute Gasteiger partial charge is 0.381 e. The van der Waals surface area contributed by atoms with Gasteiger partial charge in [0.15, 0.2) is 0 Å². The second kappa shape index (κ2) is 9.34. The number of likely N-dealkylation sites (N-methyl/N-ethyl adjacent to an activating group) is 1. The van der Waals surface area contributed by atoms with E-state index < -0.39 is 0 Å². The number of piperidine rings is 1. The van der Waals surface area contributed by atoms with E-state index in [0.717, 1.165) is 92.8 Å². The van der Waals surface area contributed by atoms with Gasteiger partial charge in [0.2, 0.25) is 5.91 Å². The molecule has 2 aliphatic heterocycles. The zero-order valence-electron chi connectivity index (χ0n) is 19.1. The minimum Gasteiger partial charge on any atom is -0.381 e. The number of ether oxygens (including phenoxy) is 1. The molecule has 1 fully saturated rings. The highest BCUT2D eigenvalue weighted by atomic mass is 16.5. The molecule has 0 spiro atoms. The molecule has 31 heavy (non-hydrogen) atoms. The number of fused-ring (bicyclic) bond motifs is 1. The molecule has 4 rings (SSSR count). The molecule has 2 aromatic heterocycles. The van der Waals surface area contributed by atoms with E-state index in [4.69, 9.17) is 14.2 Å². The molecule has 2 aromatic rings. The molecular formula is C23H33N5O3. The third-order valence-electron chi connectivity index (χ3n) is 6.56. The second-order valence-electron chi connectivity index (χ2n) is 8.71. The van der Waals surface area contributed by atoms with Crippen LogP contribution in [-0.2, 0) is 28.8 Å². The maximum Gasteiger partial charge on any atom is 0.225 e. The highest BCUT2D eigenvalue weighted by Gasteiger charge is 2.30. The van der Waals surface area contributed by atoms with E-state index in [9.17, 15) is 4.79 Å². The Labute approximate surface area is 184 Å². The average molecular weight is 428 g/mol. The number of nitrogens with zero attached hydrogens (tertiary/aromatic N) is 5. The van der Waals surface area contributed by atoms with Gasteiger partial charge in [-0.1, -0.05) is 5.16 Å². The van der Waals surface area contributed by atoms with Crippen molar-refractivity contribution >= 4 is 11.7 Å². The van der Waals surface area contributed by atoms with Gasteiger partial charge in [-0.25, -0.2) is 9.97 Å². The Bertz CT molecular complexity index is 914. The lowest BCUT2D eigenvalue weighted by Gasteiger charge is -2.35. The molecule has 8 heteroatoms. The number of carbonyl (C=O) groups is 1. The molecule has 0 unspecified atom stereocenters. The number of hydrogen-bond donors (Lipinski definition) is 0. The van der Waals surface area contributed by atoms with Crippen molar-refractivity contribution in [1.29, 1.82) is 0 Å². The van der Waals surface area contributed by atoms with Crippen LogP contribution in [0.2, 0.25) is 0 Å². The van der Waals surface area contributed by atoms with Crippen molar-refractivity contribution in [3.8, 4) is 0 Å². The summed E-state index contributed by atoms with van der Waals surface area (Å²) in [4.78, 5) is 26.7. The first kappa shape index (κ1) is 21.7. The fourth-order valence-corrected chi connectivity index (χ4v) is 4.71. The van der Waals surface area contributed by atoms with Gasteiger partial charge in [-0.05, 0) is 40.0 Å². The first-order valence-electron chi connectivity index (χ1n) is 11.3. The Kier molecular flexibility index (Phi) is 6.55. The maximum atomic E-state index is 13.0.